The lowest BCUT2D eigenvalue weighted by atomic mass is 10.0. The summed E-state index contributed by atoms with van der Waals surface area (Å²) in [4.78, 5) is 27.8. The van der Waals surface area contributed by atoms with Gasteiger partial charge in [0.15, 0.2) is 0 Å². The molecule has 0 unspecified atom stereocenters. The summed E-state index contributed by atoms with van der Waals surface area (Å²) in [6.45, 7) is 2.52. The van der Waals surface area contributed by atoms with Gasteiger partial charge in [0, 0.05) is 26.4 Å². The molecule has 2 amide bonds. The van der Waals surface area contributed by atoms with E-state index in [0.29, 0.717) is 24.3 Å². The van der Waals surface area contributed by atoms with Crippen LogP contribution in [0.2, 0.25) is 0 Å². The van der Waals surface area contributed by atoms with E-state index >= 15 is 0 Å². The van der Waals surface area contributed by atoms with Crippen LogP contribution in [0.5, 0.6) is 5.75 Å². The van der Waals surface area contributed by atoms with Crippen LogP contribution in [0.1, 0.15) is 35.7 Å². The number of carbonyl (C=O) groups excluding carboxylic acids is 2. The number of rotatable bonds is 2. The van der Waals surface area contributed by atoms with Crippen molar-refractivity contribution in [1.29, 1.82) is 0 Å². The molecule has 0 saturated carbocycles. The number of hydrogen-bond acceptors (Lipinski definition) is 3. The zero-order chi connectivity index (χ0) is 20.6. The van der Waals surface area contributed by atoms with Crippen molar-refractivity contribution in [3.8, 4) is 5.75 Å². The molecule has 29 heavy (non-hydrogen) atoms. The fraction of sp³-hybridized carbons (Fsp3) is 0.333. The van der Waals surface area contributed by atoms with E-state index in [9.17, 15) is 9.59 Å². The van der Waals surface area contributed by atoms with Gasteiger partial charge in [0.05, 0.1) is 11.7 Å². The second kappa shape index (κ2) is 9.92. The maximum Gasteiger partial charge on any atom is 0.258 e. The number of nitrogens with zero attached hydrogens (tertiary/aromatic N) is 1. The van der Waals surface area contributed by atoms with E-state index in [-0.39, 0.29) is 17.9 Å². The lowest BCUT2D eigenvalue weighted by molar-refractivity contribution is -0.125. The molecule has 2 aromatic carbocycles. The highest BCUT2D eigenvalue weighted by Gasteiger charge is 2.29. The molecule has 3 rings (SSSR count). The summed E-state index contributed by atoms with van der Waals surface area (Å²) in [7, 11) is 1.68. The Hall–Kier alpha value is -3.08. The predicted octanol–water partition coefficient (Wildman–Crippen LogP) is 3.60. The van der Waals surface area contributed by atoms with Crippen molar-refractivity contribution in [3.63, 3.8) is 0 Å². The van der Waals surface area contributed by atoms with Gasteiger partial charge in [0.2, 0.25) is 5.91 Å². The number of ether oxygens (including phenoxy) is 1. The Morgan fingerprint density at radius 3 is 2.55 bits per heavy atom. The third-order valence-electron chi connectivity index (χ3n) is 5.05. The molecule has 152 valence electrons. The van der Waals surface area contributed by atoms with Gasteiger partial charge in [0.25, 0.3) is 5.91 Å². The standard InChI is InChI=1S/C24H28N2O3/c1-18-11-5-4-10-16-25-23(27)21(17-19-12-6-3-7-13-19)26(2)24(28)20-14-8-9-15-22(20)29-18/h3-9,12-15,18,21H,10-11,16-17H2,1-2H3,(H,25,27)/b5-4+/t18-,21+/m0/s1. The number of benzene rings is 2. The minimum atomic E-state index is -0.609. The summed E-state index contributed by atoms with van der Waals surface area (Å²) < 4.78 is 6.04. The number of amides is 2. The molecule has 5 nitrogen and oxygen atoms in total. The summed E-state index contributed by atoms with van der Waals surface area (Å²) >= 11 is 0. The van der Waals surface area contributed by atoms with Crippen molar-refractivity contribution in [2.24, 2.45) is 0 Å². The van der Waals surface area contributed by atoms with Gasteiger partial charge in [0.1, 0.15) is 11.8 Å². The maximum absolute atomic E-state index is 13.3. The Labute approximate surface area is 172 Å². The van der Waals surface area contributed by atoms with Gasteiger partial charge < -0.3 is 15.0 Å². The Balaban J connectivity index is 1.94. The zero-order valence-electron chi connectivity index (χ0n) is 17.0. The van der Waals surface area contributed by atoms with Crippen molar-refractivity contribution >= 4 is 11.8 Å². The first-order valence-corrected chi connectivity index (χ1v) is 10.1. The molecule has 0 saturated heterocycles. The molecule has 1 N–H and O–H groups in total. The average Bonchev–Trinajstić information content (AvgIpc) is 2.74. The minimum Gasteiger partial charge on any atom is -0.490 e. The Bertz CT molecular complexity index is 863. The highest BCUT2D eigenvalue weighted by molar-refractivity contribution is 5.99. The van der Waals surface area contributed by atoms with Crippen LogP contribution in [0.15, 0.2) is 66.7 Å². The quantitative estimate of drug-likeness (QED) is 0.795. The molecule has 1 aliphatic heterocycles. The van der Waals surface area contributed by atoms with E-state index in [1.807, 2.05) is 49.4 Å². The van der Waals surface area contributed by atoms with Gasteiger partial charge in [-0.2, -0.15) is 0 Å². The summed E-state index contributed by atoms with van der Waals surface area (Å²) in [5.41, 5.74) is 1.47. The molecule has 2 aromatic rings. The molecule has 0 bridgehead atoms. The molecular weight excluding hydrogens is 364 g/mol. The highest BCUT2D eigenvalue weighted by atomic mass is 16.5. The molecule has 0 aromatic heterocycles. The van der Waals surface area contributed by atoms with Crippen LogP contribution in [0, 0.1) is 0 Å². The zero-order valence-corrected chi connectivity index (χ0v) is 17.0. The molecule has 2 atom stereocenters. The second-order valence-corrected chi connectivity index (χ2v) is 7.33. The van der Waals surface area contributed by atoms with Gasteiger partial charge in [-0.1, -0.05) is 54.6 Å². The Morgan fingerprint density at radius 1 is 1.03 bits per heavy atom. The third kappa shape index (κ3) is 5.47. The van der Waals surface area contributed by atoms with Crippen LogP contribution >= 0.6 is 0 Å². The second-order valence-electron chi connectivity index (χ2n) is 7.33. The normalized spacial score (nSPS) is 22.1. The largest absolute Gasteiger partial charge is 0.490 e. The minimum absolute atomic E-state index is 0.0526. The van der Waals surface area contributed by atoms with Crippen LogP contribution in [0.4, 0.5) is 0 Å². The molecule has 0 aliphatic carbocycles. The van der Waals surface area contributed by atoms with Crippen molar-refractivity contribution in [2.75, 3.05) is 13.6 Å². The van der Waals surface area contributed by atoms with Crippen molar-refractivity contribution in [2.45, 2.75) is 38.3 Å². The Morgan fingerprint density at radius 2 is 1.76 bits per heavy atom. The van der Waals surface area contributed by atoms with Crippen molar-refractivity contribution in [1.82, 2.24) is 10.2 Å². The molecule has 1 aliphatic rings. The van der Waals surface area contributed by atoms with Gasteiger partial charge in [-0.3, -0.25) is 9.59 Å². The molecular formula is C24H28N2O3. The number of carbonyl (C=O) groups is 2. The highest BCUT2D eigenvalue weighted by Crippen LogP contribution is 2.23. The van der Waals surface area contributed by atoms with E-state index in [4.69, 9.17) is 4.74 Å². The SMILES string of the molecule is C[C@H]1C/C=C/CCNC(=O)[C@@H](Cc2ccccc2)N(C)C(=O)c2ccccc2O1. The first-order chi connectivity index (χ1) is 14.1. The van der Waals surface area contributed by atoms with Crippen LogP contribution in [-0.4, -0.2) is 42.5 Å². The lowest BCUT2D eigenvalue weighted by Crippen LogP contribution is -2.49. The molecule has 0 fully saturated rings. The fourth-order valence-corrected chi connectivity index (χ4v) is 3.39. The first-order valence-electron chi connectivity index (χ1n) is 10.1. The van der Waals surface area contributed by atoms with Gasteiger partial charge in [-0.15, -0.1) is 0 Å². The summed E-state index contributed by atoms with van der Waals surface area (Å²) in [6, 6.07) is 16.4. The number of likely N-dealkylation sites (N-methyl/N-ethyl adjacent to an activating group) is 1. The summed E-state index contributed by atoms with van der Waals surface area (Å²) in [5.74, 6) is 0.166. The van der Waals surface area contributed by atoms with Crippen molar-refractivity contribution < 1.29 is 14.3 Å². The van der Waals surface area contributed by atoms with Crippen LogP contribution in [0.3, 0.4) is 0 Å². The van der Waals surface area contributed by atoms with E-state index in [1.54, 1.807) is 19.2 Å². The fourth-order valence-electron chi connectivity index (χ4n) is 3.39. The van der Waals surface area contributed by atoms with Crippen LogP contribution in [0.25, 0.3) is 0 Å². The van der Waals surface area contributed by atoms with Crippen molar-refractivity contribution in [3.05, 3.63) is 77.9 Å². The van der Waals surface area contributed by atoms with Gasteiger partial charge in [-0.25, -0.2) is 0 Å². The monoisotopic (exact) mass is 392 g/mol. The predicted molar refractivity (Wildman–Crippen MR) is 114 cm³/mol. The average molecular weight is 392 g/mol. The number of fused-ring (bicyclic) bond motifs is 1. The Kier molecular flexibility index (Phi) is 7.06. The van der Waals surface area contributed by atoms with Gasteiger partial charge >= 0.3 is 0 Å². The number of hydrogen-bond donors (Lipinski definition) is 1. The summed E-state index contributed by atoms with van der Waals surface area (Å²) in [5, 5.41) is 2.98. The molecule has 5 heteroatoms. The van der Waals surface area contributed by atoms with E-state index in [1.165, 1.54) is 4.90 Å². The van der Waals surface area contributed by atoms with Crippen LogP contribution < -0.4 is 10.1 Å². The van der Waals surface area contributed by atoms with E-state index in [2.05, 4.69) is 17.5 Å². The molecule has 0 radical (unpaired) electrons. The van der Waals surface area contributed by atoms with Crippen LogP contribution in [-0.2, 0) is 11.2 Å². The first kappa shape index (κ1) is 20.6. The molecule has 1 heterocycles. The number of para-hydroxylation sites is 1. The van der Waals surface area contributed by atoms with E-state index < -0.39 is 6.04 Å². The lowest BCUT2D eigenvalue weighted by Gasteiger charge is -2.28. The topological polar surface area (TPSA) is 58.6 Å². The smallest absolute Gasteiger partial charge is 0.258 e. The molecule has 0 spiro atoms. The summed E-state index contributed by atoms with van der Waals surface area (Å²) in [6.07, 6.45) is 5.99. The third-order valence-corrected chi connectivity index (χ3v) is 5.05. The number of nitrogens with one attached hydrogen (secondary N) is 1. The van der Waals surface area contributed by atoms with Gasteiger partial charge in [-0.05, 0) is 31.0 Å². The van der Waals surface area contributed by atoms with E-state index in [0.717, 1.165) is 18.4 Å². The maximum atomic E-state index is 13.3.